The van der Waals surface area contributed by atoms with Crippen LogP contribution in [-0.4, -0.2) is 31.2 Å². The van der Waals surface area contributed by atoms with Crippen LogP contribution in [0.1, 0.15) is 26.3 Å². The first-order chi connectivity index (χ1) is 10.9. The van der Waals surface area contributed by atoms with Gasteiger partial charge in [0.2, 0.25) is 0 Å². The average Bonchev–Trinajstić information content (AvgIpc) is 2.91. The molecule has 122 valence electrons. The molecule has 0 spiro atoms. The van der Waals surface area contributed by atoms with Crippen LogP contribution < -0.4 is 15.0 Å². The summed E-state index contributed by atoms with van der Waals surface area (Å²) >= 11 is 0. The predicted octanol–water partition coefficient (Wildman–Crippen LogP) is 3.36. The number of ether oxygens (including phenoxy) is 1. The van der Waals surface area contributed by atoms with Gasteiger partial charge in [0.25, 0.3) is 0 Å². The quantitative estimate of drug-likeness (QED) is 0.925. The van der Waals surface area contributed by atoms with Gasteiger partial charge >= 0.3 is 6.03 Å². The van der Waals surface area contributed by atoms with E-state index in [4.69, 9.17) is 9.72 Å². The molecule has 0 saturated heterocycles. The van der Waals surface area contributed by atoms with Crippen LogP contribution in [0.25, 0.3) is 10.9 Å². The Bertz CT molecular complexity index is 750. The van der Waals surface area contributed by atoms with E-state index in [2.05, 4.69) is 32.2 Å². The van der Waals surface area contributed by atoms with Crippen molar-refractivity contribution in [2.24, 2.45) is 5.41 Å². The number of nitrogens with one attached hydrogen (secondary N) is 1. The largest absolute Gasteiger partial charge is 0.497 e. The third kappa shape index (κ3) is 3.23. The molecule has 23 heavy (non-hydrogen) atoms. The molecule has 1 aromatic carbocycles. The van der Waals surface area contributed by atoms with Crippen molar-refractivity contribution in [3.8, 4) is 5.75 Å². The number of urea groups is 1. The fourth-order valence-electron chi connectivity index (χ4n) is 2.70. The van der Waals surface area contributed by atoms with Crippen molar-refractivity contribution in [2.45, 2.75) is 27.2 Å². The summed E-state index contributed by atoms with van der Waals surface area (Å²) < 4.78 is 5.26. The predicted molar refractivity (Wildman–Crippen MR) is 92.2 cm³/mol. The van der Waals surface area contributed by atoms with Gasteiger partial charge in [0.15, 0.2) is 0 Å². The number of rotatable bonds is 2. The first-order valence-corrected chi connectivity index (χ1v) is 7.90. The molecule has 0 aliphatic carbocycles. The molecule has 2 aromatic rings. The lowest BCUT2D eigenvalue weighted by Gasteiger charge is -2.22. The monoisotopic (exact) mass is 313 g/mol. The number of methoxy groups -OCH3 is 1. The first-order valence-electron chi connectivity index (χ1n) is 7.90. The number of carbonyl (C=O) groups excluding carboxylic acids is 1. The van der Waals surface area contributed by atoms with Gasteiger partial charge in [-0.25, -0.2) is 9.78 Å². The minimum atomic E-state index is -0.0755. The Balaban J connectivity index is 1.89. The maximum absolute atomic E-state index is 12.5. The average molecular weight is 313 g/mol. The van der Waals surface area contributed by atoms with Crippen LogP contribution in [0.3, 0.4) is 0 Å². The highest BCUT2D eigenvalue weighted by Crippen LogP contribution is 2.30. The molecule has 0 bridgehead atoms. The molecule has 5 heteroatoms. The van der Waals surface area contributed by atoms with Gasteiger partial charge in [0, 0.05) is 24.5 Å². The fourth-order valence-corrected chi connectivity index (χ4v) is 2.70. The fraction of sp³-hybridized carbons (Fsp3) is 0.444. The summed E-state index contributed by atoms with van der Waals surface area (Å²) in [7, 11) is 1.64. The highest BCUT2D eigenvalue weighted by Gasteiger charge is 2.27. The van der Waals surface area contributed by atoms with E-state index < -0.39 is 0 Å². The Morgan fingerprint density at radius 3 is 2.83 bits per heavy atom. The van der Waals surface area contributed by atoms with Crippen LogP contribution in [0, 0.1) is 5.41 Å². The number of fused-ring (bicyclic) bond motifs is 2. The topological polar surface area (TPSA) is 54.5 Å². The van der Waals surface area contributed by atoms with Crippen LogP contribution in [0.5, 0.6) is 5.75 Å². The molecule has 0 saturated carbocycles. The Hall–Kier alpha value is -2.30. The van der Waals surface area contributed by atoms with Gasteiger partial charge in [-0.3, -0.25) is 4.90 Å². The van der Waals surface area contributed by atoms with E-state index in [1.807, 2.05) is 18.2 Å². The molecule has 0 fully saturated rings. The number of benzene rings is 1. The van der Waals surface area contributed by atoms with E-state index in [1.165, 1.54) is 0 Å². The van der Waals surface area contributed by atoms with E-state index in [9.17, 15) is 4.79 Å². The van der Waals surface area contributed by atoms with Crippen LogP contribution in [0.15, 0.2) is 24.3 Å². The van der Waals surface area contributed by atoms with Gasteiger partial charge in [-0.15, -0.1) is 0 Å². The first kappa shape index (κ1) is 15.6. The lowest BCUT2D eigenvalue weighted by Crippen LogP contribution is -2.42. The van der Waals surface area contributed by atoms with Gasteiger partial charge < -0.3 is 10.1 Å². The highest BCUT2D eigenvalue weighted by molar-refractivity contribution is 5.95. The second kappa shape index (κ2) is 5.72. The molecular formula is C18H23N3O2. The molecule has 5 nitrogen and oxygen atoms in total. The number of hydrogen-bond donors (Lipinski definition) is 1. The second-order valence-electron chi connectivity index (χ2n) is 7.15. The highest BCUT2D eigenvalue weighted by atomic mass is 16.5. The van der Waals surface area contributed by atoms with Crippen LogP contribution in [0.4, 0.5) is 10.6 Å². The van der Waals surface area contributed by atoms with Crippen LogP contribution in [-0.2, 0) is 6.42 Å². The SMILES string of the molecule is COc1ccc2cc3c(nc2c1)N(C(=O)NCC(C)(C)C)CC3. The van der Waals surface area contributed by atoms with E-state index in [0.29, 0.717) is 13.1 Å². The van der Waals surface area contributed by atoms with Crippen LogP contribution >= 0.6 is 0 Å². The number of nitrogens with zero attached hydrogens (tertiary/aromatic N) is 2. The minimum Gasteiger partial charge on any atom is -0.497 e. The van der Waals surface area contributed by atoms with Crippen molar-refractivity contribution < 1.29 is 9.53 Å². The summed E-state index contributed by atoms with van der Waals surface area (Å²) in [6, 6.07) is 7.88. The van der Waals surface area contributed by atoms with Crippen molar-refractivity contribution in [1.82, 2.24) is 10.3 Å². The standard InChI is InChI=1S/C18H23N3O2/c1-18(2,3)11-19-17(22)21-8-7-13-9-12-5-6-14(23-4)10-15(12)20-16(13)21/h5-6,9-10H,7-8,11H2,1-4H3,(H,19,22). The van der Waals surface area contributed by atoms with Gasteiger partial charge in [-0.05, 0) is 35.6 Å². The van der Waals surface area contributed by atoms with Crippen molar-refractivity contribution >= 4 is 22.8 Å². The maximum Gasteiger partial charge on any atom is 0.323 e. The maximum atomic E-state index is 12.5. The van der Waals surface area contributed by atoms with Crippen molar-refractivity contribution in [3.05, 3.63) is 29.8 Å². The van der Waals surface area contributed by atoms with E-state index in [-0.39, 0.29) is 11.4 Å². The molecule has 1 aliphatic heterocycles. The van der Waals surface area contributed by atoms with Gasteiger partial charge in [-0.1, -0.05) is 20.8 Å². The molecule has 1 aromatic heterocycles. The summed E-state index contributed by atoms with van der Waals surface area (Å²) in [5.74, 6) is 1.53. The molecular weight excluding hydrogens is 290 g/mol. The molecule has 2 heterocycles. The van der Waals surface area contributed by atoms with Crippen molar-refractivity contribution in [2.75, 3.05) is 25.1 Å². The lowest BCUT2D eigenvalue weighted by atomic mass is 9.97. The number of amides is 2. The molecule has 0 radical (unpaired) electrons. The van der Waals surface area contributed by atoms with Crippen molar-refractivity contribution in [3.63, 3.8) is 0 Å². The molecule has 0 atom stereocenters. The summed E-state index contributed by atoms with van der Waals surface area (Å²) in [4.78, 5) is 18.9. The second-order valence-corrected chi connectivity index (χ2v) is 7.15. The number of carbonyl (C=O) groups is 1. The summed E-state index contributed by atoms with van der Waals surface area (Å²) in [5.41, 5.74) is 2.02. The summed E-state index contributed by atoms with van der Waals surface area (Å²) in [6.45, 7) is 7.61. The Morgan fingerprint density at radius 2 is 2.13 bits per heavy atom. The van der Waals surface area contributed by atoms with E-state index in [1.54, 1.807) is 12.0 Å². The third-order valence-electron chi connectivity index (χ3n) is 3.96. The zero-order chi connectivity index (χ0) is 16.6. The molecule has 1 aliphatic rings. The minimum absolute atomic E-state index is 0.0579. The smallest absolute Gasteiger partial charge is 0.323 e. The molecule has 0 unspecified atom stereocenters. The van der Waals surface area contributed by atoms with Crippen LogP contribution in [0.2, 0.25) is 0 Å². The lowest BCUT2D eigenvalue weighted by molar-refractivity contribution is 0.241. The Labute approximate surface area is 136 Å². The normalized spacial score (nSPS) is 14.0. The van der Waals surface area contributed by atoms with Gasteiger partial charge in [-0.2, -0.15) is 0 Å². The zero-order valence-corrected chi connectivity index (χ0v) is 14.1. The molecule has 1 N–H and O–H groups in total. The Morgan fingerprint density at radius 1 is 1.35 bits per heavy atom. The Kier molecular flexibility index (Phi) is 3.88. The number of aromatic nitrogens is 1. The summed E-state index contributed by atoms with van der Waals surface area (Å²) in [6.07, 6.45) is 0.841. The number of pyridine rings is 1. The molecule has 3 rings (SSSR count). The van der Waals surface area contributed by atoms with E-state index >= 15 is 0 Å². The molecule has 2 amide bonds. The third-order valence-corrected chi connectivity index (χ3v) is 3.96. The van der Waals surface area contributed by atoms with Gasteiger partial charge in [0.1, 0.15) is 11.6 Å². The zero-order valence-electron chi connectivity index (χ0n) is 14.1. The van der Waals surface area contributed by atoms with Gasteiger partial charge in [0.05, 0.1) is 12.6 Å². The van der Waals surface area contributed by atoms with E-state index in [0.717, 1.165) is 34.5 Å². The number of anilines is 1. The number of hydrogen-bond acceptors (Lipinski definition) is 3. The summed E-state index contributed by atoms with van der Waals surface area (Å²) in [5, 5.41) is 4.07. The van der Waals surface area contributed by atoms with Crippen molar-refractivity contribution in [1.29, 1.82) is 0 Å².